The van der Waals surface area contributed by atoms with Gasteiger partial charge in [0, 0.05) is 23.7 Å². The van der Waals surface area contributed by atoms with Crippen molar-refractivity contribution >= 4 is 10.9 Å². The average Bonchev–Trinajstić information content (AvgIpc) is 2.97. The van der Waals surface area contributed by atoms with Crippen molar-refractivity contribution in [3.05, 3.63) is 36.7 Å². The molecule has 80 valence electrons. The zero-order valence-electron chi connectivity index (χ0n) is 9.01. The summed E-state index contributed by atoms with van der Waals surface area (Å²) >= 11 is 0. The third kappa shape index (κ3) is 1.31. The molecule has 2 aromatic heterocycles. The van der Waals surface area contributed by atoms with E-state index in [2.05, 4.69) is 40.4 Å². The summed E-state index contributed by atoms with van der Waals surface area (Å²) in [6, 6.07) is 8.27. The zero-order chi connectivity index (χ0) is 11.0. The smallest absolute Gasteiger partial charge is 0.0688 e. The minimum Gasteiger partial charge on any atom is -0.278 e. The molecule has 0 saturated carbocycles. The standard InChI is InChI=1S/C12H12N4/c1-2-16-12-7-9(11-5-6-13-15-11)3-4-10(12)8-14-16/h3-8H,2H2,1H3,(H,13,15). The van der Waals surface area contributed by atoms with Crippen molar-refractivity contribution in [2.24, 2.45) is 0 Å². The van der Waals surface area contributed by atoms with Gasteiger partial charge in [0.05, 0.1) is 17.4 Å². The molecule has 0 aliphatic heterocycles. The van der Waals surface area contributed by atoms with E-state index >= 15 is 0 Å². The Kier molecular flexibility index (Phi) is 1.99. The number of hydrogen-bond donors (Lipinski definition) is 1. The summed E-state index contributed by atoms with van der Waals surface area (Å²) in [6.07, 6.45) is 3.66. The van der Waals surface area contributed by atoms with Crippen molar-refractivity contribution in [2.75, 3.05) is 0 Å². The first-order valence-corrected chi connectivity index (χ1v) is 5.34. The van der Waals surface area contributed by atoms with E-state index in [1.165, 1.54) is 5.39 Å². The minimum atomic E-state index is 0.885. The number of rotatable bonds is 2. The highest BCUT2D eigenvalue weighted by atomic mass is 15.3. The highest BCUT2D eigenvalue weighted by Gasteiger charge is 2.04. The van der Waals surface area contributed by atoms with E-state index in [9.17, 15) is 0 Å². The number of aromatic nitrogens is 4. The molecule has 0 aliphatic rings. The lowest BCUT2D eigenvalue weighted by Crippen LogP contribution is -1.95. The van der Waals surface area contributed by atoms with E-state index in [1.807, 2.05) is 16.9 Å². The Morgan fingerprint density at radius 3 is 3.00 bits per heavy atom. The number of benzene rings is 1. The third-order valence-electron chi connectivity index (χ3n) is 2.76. The van der Waals surface area contributed by atoms with E-state index in [0.29, 0.717) is 0 Å². The van der Waals surface area contributed by atoms with Gasteiger partial charge in [0.2, 0.25) is 0 Å². The highest BCUT2D eigenvalue weighted by molar-refractivity contribution is 5.83. The van der Waals surface area contributed by atoms with Gasteiger partial charge in [-0.1, -0.05) is 12.1 Å². The average molecular weight is 212 g/mol. The van der Waals surface area contributed by atoms with Crippen molar-refractivity contribution in [3.63, 3.8) is 0 Å². The monoisotopic (exact) mass is 212 g/mol. The molecule has 2 heterocycles. The topological polar surface area (TPSA) is 46.5 Å². The fourth-order valence-corrected chi connectivity index (χ4v) is 1.91. The molecule has 3 aromatic rings. The Labute approximate surface area is 92.9 Å². The first-order chi connectivity index (χ1) is 7.88. The summed E-state index contributed by atoms with van der Waals surface area (Å²) < 4.78 is 2.00. The lowest BCUT2D eigenvalue weighted by Gasteiger charge is -2.01. The second-order valence-corrected chi connectivity index (χ2v) is 3.70. The van der Waals surface area contributed by atoms with Gasteiger partial charge in [0.25, 0.3) is 0 Å². The van der Waals surface area contributed by atoms with E-state index in [1.54, 1.807) is 6.20 Å². The number of nitrogens with zero attached hydrogens (tertiary/aromatic N) is 3. The molecule has 0 bridgehead atoms. The molecular weight excluding hydrogens is 200 g/mol. The summed E-state index contributed by atoms with van der Waals surface area (Å²) in [4.78, 5) is 0. The van der Waals surface area contributed by atoms with Gasteiger partial charge in [0.1, 0.15) is 0 Å². The zero-order valence-corrected chi connectivity index (χ0v) is 9.01. The first-order valence-electron chi connectivity index (χ1n) is 5.34. The second kappa shape index (κ2) is 3.48. The molecule has 0 amide bonds. The Morgan fingerprint density at radius 1 is 1.31 bits per heavy atom. The fraction of sp³-hybridized carbons (Fsp3) is 0.167. The van der Waals surface area contributed by atoms with Gasteiger partial charge in [-0.15, -0.1) is 0 Å². The summed E-state index contributed by atoms with van der Waals surface area (Å²) in [6.45, 7) is 2.98. The van der Waals surface area contributed by atoms with E-state index in [4.69, 9.17) is 0 Å². The molecule has 0 saturated heterocycles. The molecule has 0 spiro atoms. The molecular formula is C12H12N4. The van der Waals surface area contributed by atoms with E-state index < -0.39 is 0 Å². The molecule has 16 heavy (non-hydrogen) atoms. The summed E-state index contributed by atoms with van der Waals surface area (Å²) in [5.74, 6) is 0. The highest BCUT2D eigenvalue weighted by Crippen LogP contribution is 2.22. The number of H-pyrrole nitrogens is 1. The summed E-state index contributed by atoms with van der Waals surface area (Å²) in [5.41, 5.74) is 3.33. The summed E-state index contributed by atoms with van der Waals surface area (Å²) in [7, 11) is 0. The normalized spacial score (nSPS) is 11.1. The number of aromatic amines is 1. The van der Waals surface area contributed by atoms with Crippen molar-refractivity contribution in [3.8, 4) is 11.3 Å². The lowest BCUT2D eigenvalue weighted by atomic mass is 10.1. The Bertz CT molecular complexity index is 607. The van der Waals surface area contributed by atoms with Crippen LogP contribution < -0.4 is 0 Å². The largest absolute Gasteiger partial charge is 0.278 e. The number of aryl methyl sites for hydroxylation is 1. The molecule has 1 N–H and O–H groups in total. The van der Waals surface area contributed by atoms with Crippen molar-refractivity contribution < 1.29 is 0 Å². The van der Waals surface area contributed by atoms with E-state index in [0.717, 1.165) is 23.3 Å². The number of hydrogen-bond acceptors (Lipinski definition) is 2. The van der Waals surface area contributed by atoms with Gasteiger partial charge < -0.3 is 0 Å². The fourth-order valence-electron chi connectivity index (χ4n) is 1.91. The molecule has 1 aromatic carbocycles. The molecule has 4 nitrogen and oxygen atoms in total. The van der Waals surface area contributed by atoms with Crippen LogP contribution in [-0.4, -0.2) is 20.0 Å². The van der Waals surface area contributed by atoms with Gasteiger partial charge in [-0.05, 0) is 19.1 Å². The van der Waals surface area contributed by atoms with Crippen LogP contribution in [0, 0.1) is 0 Å². The van der Waals surface area contributed by atoms with Crippen molar-refractivity contribution in [1.29, 1.82) is 0 Å². The van der Waals surface area contributed by atoms with Crippen LogP contribution in [0.3, 0.4) is 0 Å². The molecule has 0 unspecified atom stereocenters. The van der Waals surface area contributed by atoms with Crippen LogP contribution in [0.25, 0.3) is 22.2 Å². The van der Waals surface area contributed by atoms with Crippen LogP contribution in [-0.2, 0) is 6.54 Å². The minimum absolute atomic E-state index is 0.885. The molecule has 0 aliphatic carbocycles. The van der Waals surface area contributed by atoms with Gasteiger partial charge in [-0.2, -0.15) is 10.2 Å². The second-order valence-electron chi connectivity index (χ2n) is 3.70. The van der Waals surface area contributed by atoms with Gasteiger partial charge >= 0.3 is 0 Å². The molecule has 4 heteroatoms. The maximum Gasteiger partial charge on any atom is 0.0688 e. The Morgan fingerprint density at radius 2 is 2.25 bits per heavy atom. The van der Waals surface area contributed by atoms with Crippen LogP contribution in [0.2, 0.25) is 0 Å². The quantitative estimate of drug-likeness (QED) is 0.709. The van der Waals surface area contributed by atoms with Gasteiger partial charge in [-0.3, -0.25) is 9.78 Å². The van der Waals surface area contributed by atoms with Crippen LogP contribution >= 0.6 is 0 Å². The molecule has 0 fully saturated rings. The maximum absolute atomic E-state index is 4.33. The van der Waals surface area contributed by atoms with Crippen molar-refractivity contribution in [1.82, 2.24) is 20.0 Å². The molecule has 0 radical (unpaired) electrons. The number of nitrogens with one attached hydrogen (secondary N) is 1. The Balaban J connectivity index is 2.21. The van der Waals surface area contributed by atoms with Crippen LogP contribution in [0.1, 0.15) is 6.92 Å². The number of fused-ring (bicyclic) bond motifs is 1. The van der Waals surface area contributed by atoms with Gasteiger partial charge in [-0.25, -0.2) is 0 Å². The van der Waals surface area contributed by atoms with Gasteiger partial charge in [0.15, 0.2) is 0 Å². The van der Waals surface area contributed by atoms with Crippen LogP contribution in [0.4, 0.5) is 0 Å². The SMILES string of the molecule is CCn1ncc2ccc(-c3ccn[nH]3)cc21. The molecule has 3 rings (SSSR count). The lowest BCUT2D eigenvalue weighted by molar-refractivity contribution is 0.684. The van der Waals surface area contributed by atoms with Crippen LogP contribution in [0.15, 0.2) is 36.7 Å². The van der Waals surface area contributed by atoms with Crippen molar-refractivity contribution in [2.45, 2.75) is 13.5 Å². The first kappa shape index (κ1) is 9.15. The van der Waals surface area contributed by atoms with Crippen LogP contribution in [0.5, 0.6) is 0 Å². The predicted molar refractivity (Wildman–Crippen MR) is 63.0 cm³/mol. The Hall–Kier alpha value is -2.10. The predicted octanol–water partition coefficient (Wildman–Crippen LogP) is 2.45. The molecule has 0 atom stereocenters. The van der Waals surface area contributed by atoms with E-state index in [-0.39, 0.29) is 0 Å². The maximum atomic E-state index is 4.33. The third-order valence-corrected chi connectivity index (χ3v) is 2.76. The summed E-state index contributed by atoms with van der Waals surface area (Å²) in [5, 5.41) is 12.4.